The fourth-order valence-corrected chi connectivity index (χ4v) is 1.64. The fraction of sp³-hybridized carbons (Fsp3) is 0.600. The van der Waals surface area contributed by atoms with Crippen LogP contribution in [0.4, 0.5) is 5.82 Å². The normalized spacial score (nSPS) is 11.2. The topological polar surface area (TPSA) is 54.0 Å². The summed E-state index contributed by atoms with van der Waals surface area (Å²) in [5.74, 6) is 0.726. The van der Waals surface area contributed by atoms with E-state index in [0.717, 1.165) is 30.9 Å². The summed E-state index contributed by atoms with van der Waals surface area (Å²) in [4.78, 5) is 16.7. The summed E-state index contributed by atoms with van der Waals surface area (Å²) in [6.07, 6.45) is 1.71. The molecule has 4 heteroatoms. The monoisotopic (exact) mass is 263 g/mol. The van der Waals surface area contributed by atoms with Crippen molar-refractivity contribution >= 4 is 11.7 Å². The average molecular weight is 263 g/mol. The van der Waals surface area contributed by atoms with Crippen LogP contribution < -0.4 is 10.6 Å². The van der Waals surface area contributed by atoms with Gasteiger partial charge in [-0.25, -0.2) is 4.98 Å². The van der Waals surface area contributed by atoms with Crippen LogP contribution in [0.5, 0.6) is 0 Å². The first kappa shape index (κ1) is 15.5. The van der Waals surface area contributed by atoms with Crippen LogP contribution in [-0.2, 0) is 6.42 Å². The molecule has 0 aromatic carbocycles. The van der Waals surface area contributed by atoms with E-state index in [1.165, 1.54) is 0 Å². The highest BCUT2D eigenvalue weighted by Gasteiger charge is 2.19. The van der Waals surface area contributed by atoms with E-state index in [4.69, 9.17) is 0 Å². The molecule has 106 valence electrons. The van der Waals surface area contributed by atoms with Crippen LogP contribution in [0.1, 0.15) is 57.1 Å². The molecule has 0 aliphatic heterocycles. The molecule has 0 aliphatic carbocycles. The maximum Gasteiger partial charge on any atom is 0.251 e. The van der Waals surface area contributed by atoms with Crippen molar-refractivity contribution in [2.24, 2.45) is 0 Å². The predicted octanol–water partition coefficient (Wildman–Crippen LogP) is 2.99. The first-order chi connectivity index (χ1) is 8.91. The molecule has 1 heterocycles. The predicted molar refractivity (Wildman–Crippen MR) is 79.6 cm³/mol. The lowest BCUT2D eigenvalue weighted by Crippen LogP contribution is -2.42. The van der Waals surface area contributed by atoms with E-state index in [2.05, 4.69) is 22.5 Å². The minimum atomic E-state index is -0.189. The number of aromatic nitrogens is 1. The molecule has 1 aromatic heterocycles. The Morgan fingerprint density at radius 2 is 1.95 bits per heavy atom. The molecule has 4 nitrogen and oxygen atoms in total. The first-order valence-corrected chi connectivity index (χ1v) is 6.99. The van der Waals surface area contributed by atoms with Crippen molar-refractivity contribution in [3.05, 3.63) is 23.4 Å². The standard InChI is InChI=1S/C15H25N3O/c1-6-12-9-11(10-13(17-12)16-8-3)14(19)18-15(4,5)7-2/h9-10H,6-8H2,1-5H3,(H,16,17)(H,18,19). The third kappa shape index (κ3) is 4.54. The summed E-state index contributed by atoms with van der Waals surface area (Å²) >= 11 is 0. The van der Waals surface area contributed by atoms with Crippen molar-refractivity contribution in [1.29, 1.82) is 0 Å². The van der Waals surface area contributed by atoms with Crippen LogP contribution in [0.15, 0.2) is 12.1 Å². The summed E-state index contributed by atoms with van der Waals surface area (Å²) in [6, 6.07) is 3.67. The van der Waals surface area contributed by atoms with Gasteiger partial charge in [0.15, 0.2) is 0 Å². The number of amides is 1. The summed E-state index contributed by atoms with van der Waals surface area (Å²) < 4.78 is 0. The quantitative estimate of drug-likeness (QED) is 0.829. The number of carbonyl (C=O) groups excluding carboxylic acids is 1. The Bertz CT molecular complexity index is 441. The highest BCUT2D eigenvalue weighted by molar-refractivity contribution is 5.95. The lowest BCUT2D eigenvalue weighted by atomic mass is 10.0. The molecular weight excluding hydrogens is 238 g/mol. The van der Waals surface area contributed by atoms with E-state index in [-0.39, 0.29) is 11.4 Å². The van der Waals surface area contributed by atoms with E-state index >= 15 is 0 Å². The Kier molecular flexibility index (Phi) is 5.33. The van der Waals surface area contributed by atoms with Gasteiger partial charge in [-0.2, -0.15) is 0 Å². The average Bonchev–Trinajstić information content (AvgIpc) is 2.38. The smallest absolute Gasteiger partial charge is 0.251 e. The minimum Gasteiger partial charge on any atom is -0.370 e. The molecule has 0 saturated heterocycles. The van der Waals surface area contributed by atoms with Gasteiger partial charge in [0.1, 0.15) is 5.82 Å². The Morgan fingerprint density at radius 3 is 2.47 bits per heavy atom. The van der Waals surface area contributed by atoms with Crippen molar-refractivity contribution in [2.45, 2.75) is 53.0 Å². The third-order valence-corrected chi connectivity index (χ3v) is 3.20. The van der Waals surface area contributed by atoms with Crippen molar-refractivity contribution in [3.8, 4) is 0 Å². The summed E-state index contributed by atoms with van der Waals surface area (Å²) in [5.41, 5.74) is 1.41. The zero-order valence-electron chi connectivity index (χ0n) is 12.6. The van der Waals surface area contributed by atoms with Crippen molar-refractivity contribution in [1.82, 2.24) is 10.3 Å². The Balaban J connectivity index is 2.98. The van der Waals surface area contributed by atoms with Gasteiger partial charge in [0.2, 0.25) is 0 Å². The van der Waals surface area contributed by atoms with Crippen LogP contribution >= 0.6 is 0 Å². The molecule has 0 unspecified atom stereocenters. The molecule has 2 N–H and O–H groups in total. The second-order valence-corrected chi connectivity index (χ2v) is 5.31. The van der Waals surface area contributed by atoms with E-state index in [9.17, 15) is 4.79 Å². The van der Waals surface area contributed by atoms with Crippen LogP contribution in [0.25, 0.3) is 0 Å². The molecular formula is C15H25N3O. The molecule has 0 saturated carbocycles. The van der Waals surface area contributed by atoms with Gasteiger partial charge in [-0.05, 0) is 45.7 Å². The molecule has 0 radical (unpaired) electrons. The molecule has 0 atom stereocenters. The number of nitrogens with one attached hydrogen (secondary N) is 2. The molecule has 1 rings (SSSR count). The van der Waals surface area contributed by atoms with Gasteiger partial charge >= 0.3 is 0 Å². The summed E-state index contributed by atoms with van der Waals surface area (Å²) in [5, 5.41) is 6.21. The molecule has 0 spiro atoms. The molecule has 0 aliphatic rings. The van der Waals surface area contributed by atoms with E-state index < -0.39 is 0 Å². The van der Waals surface area contributed by atoms with E-state index in [0.29, 0.717) is 5.56 Å². The summed E-state index contributed by atoms with van der Waals surface area (Å²) in [6.45, 7) is 11.0. The Hall–Kier alpha value is -1.58. The highest BCUT2D eigenvalue weighted by Crippen LogP contribution is 2.14. The zero-order chi connectivity index (χ0) is 14.5. The lowest BCUT2D eigenvalue weighted by molar-refractivity contribution is 0.0911. The second kappa shape index (κ2) is 6.55. The van der Waals surface area contributed by atoms with Crippen molar-refractivity contribution in [2.75, 3.05) is 11.9 Å². The van der Waals surface area contributed by atoms with Gasteiger partial charge in [0.25, 0.3) is 5.91 Å². The van der Waals surface area contributed by atoms with Crippen molar-refractivity contribution in [3.63, 3.8) is 0 Å². The maximum absolute atomic E-state index is 12.3. The largest absolute Gasteiger partial charge is 0.370 e. The number of nitrogens with zero attached hydrogens (tertiary/aromatic N) is 1. The number of anilines is 1. The Morgan fingerprint density at radius 1 is 1.26 bits per heavy atom. The maximum atomic E-state index is 12.3. The number of rotatable bonds is 6. The van der Waals surface area contributed by atoms with Gasteiger partial charge in [0, 0.05) is 23.3 Å². The number of pyridine rings is 1. The van der Waals surface area contributed by atoms with Gasteiger partial charge < -0.3 is 10.6 Å². The lowest BCUT2D eigenvalue weighted by Gasteiger charge is -2.24. The Labute approximate surface area is 116 Å². The number of hydrogen-bond donors (Lipinski definition) is 2. The van der Waals surface area contributed by atoms with Gasteiger partial charge in [0.05, 0.1) is 0 Å². The summed E-state index contributed by atoms with van der Waals surface area (Å²) in [7, 11) is 0. The molecule has 0 fully saturated rings. The van der Waals surface area contributed by atoms with Crippen LogP contribution in [-0.4, -0.2) is 23.0 Å². The minimum absolute atomic E-state index is 0.0388. The van der Waals surface area contributed by atoms with Gasteiger partial charge in [-0.15, -0.1) is 0 Å². The molecule has 0 bridgehead atoms. The number of hydrogen-bond acceptors (Lipinski definition) is 3. The van der Waals surface area contributed by atoms with Crippen molar-refractivity contribution < 1.29 is 4.79 Å². The van der Waals surface area contributed by atoms with E-state index in [1.807, 2.05) is 39.8 Å². The molecule has 1 amide bonds. The van der Waals surface area contributed by atoms with Gasteiger partial charge in [-0.3, -0.25) is 4.79 Å². The van der Waals surface area contributed by atoms with Crippen LogP contribution in [0.3, 0.4) is 0 Å². The van der Waals surface area contributed by atoms with Gasteiger partial charge in [-0.1, -0.05) is 13.8 Å². The second-order valence-electron chi connectivity index (χ2n) is 5.31. The SMILES string of the molecule is CCNc1cc(C(=O)NC(C)(C)CC)cc(CC)n1. The van der Waals surface area contributed by atoms with Crippen LogP contribution in [0, 0.1) is 0 Å². The fourth-order valence-electron chi connectivity index (χ4n) is 1.64. The molecule has 19 heavy (non-hydrogen) atoms. The zero-order valence-corrected chi connectivity index (χ0v) is 12.6. The first-order valence-electron chi connectivity index (χ1n) is 6.99. The van der Waals surface area contributed by atoms with E-state index in [1.54, 1.807) is 0 Å². The van der Waals surface area contributed by atoms with Crippen LogP contribution in [0.2, 0.25) is 0 Å². The number of carbonyl (C=O) groups is 1. The number of aryl methyl sites for hydroxylation is 1. The molecule has 1 aromatic rings. The highest BCUT2D eigenvalue weighted by atomic mass is 16.1. The third-order valence-electron chi connectivity index (χ3n) is 3.20.